The van der Waals surface area contributed by atoms with Crippen LogP contribution >= 0.6 is 0 Å². The van der Waals surface area contributed by atoms with Gasteiger partial charge in [-0.2, -0.15) is 18.2 Å². The van der Waals surface area contributed by atoms with E-state index in [1.165, 1.54) is 0 Å². The van der Waals surface area contributed by atoms with E-state index in [1.807, 2.05) is 13.8 Å². The Bertz CT molecular complexity index is 325. The van der Waals surface area contributed by atoms with Gasteiger partial charge in [-0.15, -0.1) is 0 Å². The molecule has 0 saturated heterocycles. The minimum Gasteiger partial charge on any atom is -0.463 e. The normalized spacial score (nSPS) is 11.9. The fraction of sp³-hybridized carbons (Fsp3) is 0.556. The van der Waals surface area contributed by atoms with Crippen molar-refractivity contribution in [3.05, 3.63) is 18.0 Å². The lowest BCUT2D eigenvalue weighted by Gasteiger charge is -2.09. The van der Waals surface area contributed by atoms with Gasteiger partial charge in [-0.05, 0) is 12.0 Å². The van der Waals surface area contributed by atoms with E-state index in [9.17, 15) is 13.2 Å². The highest BCUT2D eigenvalue weighted by Gasteiger charge is 2.32. The van der Waals surface area contributed by atoms with Crippen molar-refractivity contribution < 1.29 is 17.9 Å². The zero-order chi connectivity index (χ0) is 11.5. The van der Waals surface area contributed by atoms with Crippen molar-refractivity contribution in [3.63, 3.8) is 0 Å². The number of hydrogen-bond donors (Lipinski definition) is 0. The summed E-state index contributed by atoms with van der Waals surface area (Å²) >= 11 is 0. The third-order valence-corrected chi connectivity index (χ3v) is 1.47. The van der Waals surface area contributed by atoms with E-state index in [4.69, 9.17) is 4.74 Å². The monoisotopic (exact) mass is 220 g/mol. The van der Waals surface area contributed by atoms with Gasteiger partial charge in [-0.3, -0.25) is 0 Å². The second-order valence-electron chi connectivity index (χ2n) is 3.43. The molecule has 0 fully saturated rings. The summed E-state index contributed by atoms with van der Waals surface area (Å²) in [6.45, 7) is 4.06. The Labute approximate surface area is 85.3 Å². The van der Waals surface area contributed by atoms with Crippen molar-refractivity contribution in [2.75, 3.05) is 6.61 Å². The number of ether oxygens (including phenoxy) is 1. The molecule has 0 radical (unpaired) electrons. The minimum absolute atomic E-state index is 0.211. The maximum atomic E-state index is 12.2. The highest BCUT2D eigenvalue weighted by Crippen LogP contribution is 2.27. The number of nitrogens with zero attached hydrogens (tertiary/aromatic N) is 2. The Balaban J connectivity index is 2.75. The molecule has 0 aliphatic carbocycles. The number of halogens is 3. The van der Waals surface area contributed by atoms with Crippen LogP contribution in [-0.4, -0.2) is 16.6 Å². The molecule has 3 nitrogen and oxygen atoms in total. The molecular formula is C9H11F3N2O. The molecule has 0 spiro atoms. The molecule has 1 heterocycles. The molecule has 84 valence electrons. The van der Waals surface area contributed by atoms with Crippen LogP contribution in [0.3, 0.4) is 0 Å². The van der Waals surface area contributed by atoms with Gasteiger partial charge < -0.3 is 4.74 Å². The third kappa shape index (κ3) is 3.73. The average Bonchev–Trinajstić information content (AvgIpc) is 2.14. The predicted octanol–water partition coefficient (Wildman–Crippen LogP) is 2.53. The zero-order valence-corrected chi connectivity index (χ0v) is 8.38. The molecular weight excluding hydrogens is 209 g/mol. The number of alkyl halides is 3. The van der Waals surface area contributed by atoms with Gasteiger partial charge in [0.25, 0.3) is 0 Å². The molecule has 0 bridgehead atoms. The Morgan fingerprint density at radius 1 is 1.40 bits per heavy atom. The van der Waals surface area contributed by atoms with Crippen LogP contribution in [0.15, 0.2) is 12.3 Å². The molecule has 0 aliphatic rings. The maximum Gasteiger partial charge on any atom is 0.433 e. The smallest absolute Gasteiger partial charge is 0.433 e. The van der Waals surface area contributed by atoms with E-state index < -0.39 is 11.9 Å². The van der Waals surface area contributed by atoms with Crippen LogP contribution in [0, 0.1) is 5.92 Å². The first kappa shape index (κ1) is 11.7. The molecule has 1 aromatic heterocycles. The van der Waals surface area contributed by atoms with Gasteiger partial charge in [0.2, 0.25) is 0 Å². The summed E-state index contributed by atoms with van der Waals surface area (Å²) in [5, 5.41) is 0. The Kier molecular flexibility index (Phi) is 3.49. The van der Waals surface area contributed by atoms with Crippen molar-refractivity contribution >= 4 is 0 Å². The van der Waals surface area contributed by atoms with Crippen molar-refractivity contribution in [2.24, 2.45) is 5.92 Å². The maximum absolute atomic E-state index is 12.2. The summed E-state index contributed by atoms with van der Waals surface area (Å²) in [6, 6.07) is 0.570. The summed E-state index contributed by atoms with van der Waals surface area (Å²) in [5.41, 5.74) is -0.990. The molecule has 0 atom stereocenters. The lowest BCUT2D eigenvalue weighted by molar-refractivity contribution is -0.141. The van der Waals surface area contributed by atoms with Crippen molar-refractivity contribution in [1.29, 1.82) is 0 Å². The standard InChI is InChI=1S/C9H11F3N2O/c1-6(2)5-15-8-13-4-3-7(14-8)9(10,11)12/h3-4,6H,5H2,1-2H3. The molecule has 1 rings (SSSR count). The fourth-order valence-electron chi connectivity index (χ4n) is 0.809. The van der Waals surface area contributed by atoms with Crippen LogP contribution in [0.25, 0.3) is 0 Å². The highest BCUT2D eigenvalue weighted by atomic mass is 19.4. The lowest BCUT2D eigenvalue weighted by Crippen LogP contribution is -2.12. The van der Waals surface area contributed by atoms with E-state index in [1.54, 1.807) is 0 Å². The molecule has 0 unspecified atom stereocenters. The van der Waals surface area contributed by atoms with Gasteiger partial charge in [0, 0.05) is 6.20 Å². The van der Waals surface area contributed by atoms with E-state index in [2.05, 4.69) is 9.97 Å². The summed E-state index contributed by atoms with van der Waals surface area (Å²) in [5.74, 6) is 0.211. The second kappa shape index (κ2) is 4.46. The fourth-order valence-corrected chi connectivity index (χ4v) is 0.809. The van der Waals surface area contributed by atoms with E-state index in [-0.39, 0.29) is 11.9 Å². The highest BCUT2D eigenvalue weighted by molar-refractivity contribution is 5.08. The first-order valence-corrected chi connectivity index (χ1v) is 4.42. The number of aromatic nitrogens is 2. The predicted molar refractivity (Wildman–Crippen MR) is 47.4 cm³/mol. The van der Waals surface area contributed by atoms with Crippen molar-refractivity contribution in [3.8, 4) is 6.01 Å². The van der Waals surface area contributed by atoms with E-state index >= 15 is 0 Å². The van der Waals surface area contributed by atoms with E-state index in [0.717, 1.165) is 12.3 Å². The van der Waals surface area contributed by atoms with Crippen molar-refractivity contribution in [1.82, 2.24) is 9.97 Å². The molecule has 0 amide bonds. The van der Waals surface area contributed by atoms with Gasteiger partial charge in [-0.1, -0.05) is 13.8 Å². The lowest BCUT2D eigenvalue weighted by atomic mass is 10.2. The van der Waals surface area contributed by atoms with E-state index in [0.29, 0.717) is 6.61 Å². The number of hydrogen-bond acceptors (Lipinski definition) is 3. The molecule has 6 heteroatoms. The summed E-state index contributed by atoms with van der Waals surface area (Å²) in [6.07, 6.45) is -3.43. The molecule has 0 aliphatic heterocycles. The first-order chi connectivity index (χ1) is 6.89. The third-order valence-electron chi connectivity index (χ3n) is 1.47. The summed E-state index contributed by atoms with van der Waals surface area (Å²) in [7, 11) is 0. The molecule has 0 N–H and O–H groups in total. The number of rotatable bonds is 3. The minimum atomic E-state index is -4.46. The van der Waals surface area contributed by atoms with Gasteiger partial charge >= 0.3 is 12.2 Å². The van der Waals surface area contributed by atoms with Gasteiger partial charge in [0.05, 0.1) is 6.61 Å². The van der Waals surface area contributed by atoms with Crippen LogP contribution in [0.5, 0.6) is 6.01 Å². The van der Waals surface area contributed by atoms with Crippen LogP contribution in [-0.2, 0) is 6.18 Å². The summed E-state index contributed by atoms with van der Waals surface area (Å²) in [4.78, 5) is 6.85. The van der Waals surface area contributed by atoms with Crippen LogP contribution in [0.2, 0.25) is 0 Å². The Hall–Kier alpha value is -1.33. The molecule has 0 saturated carbocycles. The Morgan fingerprint density at radius 3 is 2.60 bits per heavy atom. The zero-order valence-electron chi connectivity index (χ0n) is 8.38. The Morgan fingerprint density at radius 2 is 2.07 bits per heavy atom. The average molecular weight is 220 g/mol. The van der Waals surface area contributed by atoms with Gasteiger partial charge in [0.1, 0.15) is 0 Å². The van der Waals surface area contributed by atoms with Gasteiger partial charge in [-0.25, -0.2) is 4.98 Å². The molecule has 15 heavy (non-hydrogen) atoms. The quantitative estimate of drug-likeness (QED) is 0.785. The first-order valence-electron chi connectivity index (χ1n) is 4.42. The van der Waals surface area contributed by atoms with Crippen LogP contribution in [0.4, 0.5) is 13.2 Å². The van der Waals surface area contributed by atoms with Crippen molar-refractivity contribution in [2.45, 2.75) is 20.0 Å². The molecule has 1 aromatic rings. The van der Waals surface area contributed by atoms with Crippen LogP contribution < -0.4 is 4.74 Å². The topological polar surface area (TPSA) is 35.0 Å². The van der Waals surface area contributed by atoms with Crippen LogP contribution in [0.1, 0.15) is 19.5 Å². The largest absolute Gasteiger partial charge is 0.463 e. The molecule has 0 aromatic carbocycles. The SMILES string of the molecule is CC(C)COc1nccc(C(F)(F)F)n1. The second-order valence-corrected chi connectivity index (χ2v) is 3.43. The summed E-state index contributed by atoms with van der Waals surface area (Å²) < 4.78 is 41.6. The van der Waals surface area contributed by atoms with Gasteiger partial charge in [0.15, 0.2) is 5.69 Å².